The summed E-state index contributed by atoms with van der Waals surface area (Å²) in [4.78, 5) is 16.7. The molecule has 0 aliphatic rings. The normalized spacial score (nSPS) is 12.3. The van der Waals surface area contributed by atoms with Gasteiger partial charge in [0.15, 0.2) is 0 Å². The lowest BCUT2D eigenvalue weighted by Crippen LogP contribution is -2.30. The zero-order chi connectivity index (χ0) is 18.0. The first-order valence-electron chi connectivity index (χ1n) is 7.34. The maximum Gasteiger partial charge on any atom is 0.261 e. The largest absolute Gasteiger partial charge is 0.489 e. The SMILES string of the molecule is O=c1c2cc(Br)ccc2ncn1CC(O)COc1ccc(Cl)cc1Cl. The van der Waals surface area contributed by atoms with Gasteiger partial charge in [-0.15, -0.1) is 0 Å². The van der Waals surface area contributed by atoms with Gasteiger partial charge in [0.2, 0.25) is 0 Å². The van der Waals surface area contributed by atoms with Crippen LogP contribution in [0.4, 0.5) is 0 Å². The van der Waals surface area contributed by atoms with Gasteiger partial charge in [0.1, 0.15) is 18.5 Å². The van der Waals surface area contributed by atoms with Crippen LogP contribution >= 0.6 is 39.1 Å². The van der Waals surface area contributed by atoms with Crippen LogP contribution in [0.2, 0.25) is 10.0 Å². The minimum Gasteiger partial charge on any atom is -0.489 e. The Morgan fingerprint density at radius 3 is 2.80 bits per heavy atom. The number of hydrogen-bond donors (Lipinski definition) is 1. The highest BCUT2D eigenvalue weighted by Gasteiger charge is 2.12. The lowest BCUT2D eigenvalue weighted by Gasteiger charge is -2.15. The van der Waals surface area contributed by atoms with Crippen LogP contribution in [0.3, 0.4) is 0 Å². The van der Waals surface area contributed by atoms with E-state index in [0.717, 1.165) is 4.47 Å². The highest BCUT2D eigenvalue weighted by atomic mass is 79.9. The molecular weight excluding hydrogens is 431 g/mol. The number of aliphatic hydroxyl groups excluding tert-OH is 1. The number of fused-ring (bicyclic) bond motifs is 1. The smallest absolute Gasteiger partial charge is 0.261 e. The summed E-state index contributed by atoms with van der Waals surface area (Å²) in [5.74, 6) is 0.415. The predicted octanol–water partition coefficient (Wildman–Crippen LogP) is 3.91. The van der Waals surface area contributed by atoms with E-state index in [-0.39, 0.29) is 18.7 Å². The molecule has 1 atom stereocenters. The summed E-state index contributed by atoms with van der Waals surface area (Å²) >= 11 is 15.2. The van der Waals surface area contributed by atoms with Crippen LogP contribution in [0.5, 0.6) is 5.75 Å². The fraction of sp³-hybridized carbons (Fsp3) is 0.176. The van der Waals surface area contributed by atoms with Crippen LogP contribution in [0.1, 0.15) is 0 Å². The molecule has 0 aliphatic carbocycles. The summed E-state index contributed by atoms with van der Waals surface area (Å²) in [6, 6.07) is 10.1. The fourth-order valence-electron chi connectivity index (χ4n) is 2.32. The van der Waals surface area contributed by atoms with Crippen LogP contribution in [0.25, 0.3) is 10.9 Å². The Balaban J connectivity index is 1.72. The number of halogens is 3. The van der Waals surface area contributed by atoms with Crippen molar-refractivity contribution in [2.24, 2.45) is 0 Å². The second-order valence-electron chi connectivity index (χ2n) is 5.40. The molecule has 5 nitrogen and oxygen atoms in total. The van der Waals surface area contributed by atoms with Gasteiger partial charge in [-0.25, -0.2) is 4.98 Å². The zero-order valence-corrected chi connectivity index (χ0v) is 15.9. The third-order valence-electron chi connectivity index (χ3n) is 3.52. The molecule has 0 saturated heterocycles. The molecule has 0 bridgehead atoms. The van der Waals surface area contributed by atoms with E-state index in [4.69, 9.17) is 27.9 Å². The third kappa shape index (κ3) is 4.33. The van der Waals surface area contributed by atoms with Gasteiger partial charge < -0.3 is 9.84 Å². The van der Waals surface area contributed by atoms with Gasteiger partial charge in [0.05, 0.1) is 28.8 Å². The van der Waals surface area contributed by atoms with E-state index in [1.54, 1.807) is 30.3 Å². The van der Waals surface area contributed by atoms with E-state index in [1.807, 2.05) is 6.07 Å². The molecule has 0 spiro atoms. The molecule has 3 rings (SSSR count). The Morgan fingerprint density at radius 2 is 2.04 bits per heavy atom. The highest BCUT2D eigenvalue weighted by molar-refractivity contribution is 9.10. The molecule has 25 heavy (non-hydrogen) atoms. The van der Waals surface area contributed by atoms with Crippen molar-refractivity contribution in [2.75, 3.05) is 6.61 Å². The van der Waals surface area contributed by atoms with E-state index < -0.39 is 6.10 Å². The molecule has 0 aliphatic heterocycles. The van der Waals surface area contributed by atoms with Gasteiger partial charge in [-0.2, -0.15) is 0 Å². The van der Waals surface area contributed by atoms with Gasteiger partial charge in [0, 0.05) is 9.50 Å². The van der Waals surface area contributed by atoms with Crippen molar-refractivity contribution in [3.8, 4) is 5.75 Å². The van der Waals surface area contributed by atoms with Gasteiger partial charge in [0.25, 0.3) is 5.56 Å². The lowest BCUT2D eigenvalue weighted by atomic mass is 10.2. The van der Waals surface area contributed by atoms with E-state index >= 15 is 0 Å². The zero-order valence-electron chi connectivity index (χ0n) is 12.8. The van der Waals surface area contributed by atoms with Crippen molar-refractivity contribution in [1.29, 1.82) is 0 Å². The first-order valence-corrected chi connectivity index (χ1v) is 8.89. The molecule has 130 valence electrons. The van der Waals surface area contributed by atoms with Crippen LogP contribution in [0, 0.1) is 0 Å². The van der Waals surface area contributed by atoms with Crippen molar-refractivity contribution in [1.82, 2.24) is 9.55 Å². The van der Waals surface area contributed by atoms with Crippen LogP contribution in [-0.4, -0.2) is 27.4 Å². The molecule has 2 aromatic carbocycles. The van der Waals surface area contributed by atoms with Gasteiger partial charge in [-0.05, 0) is 36.4 Å². The quantitative estimate of drug-likeness (QED) is 0.649. The maximum atomic E-state index is 12.5. The second-order valence-corrected chi connectivity index (χ2v) is 7.16. The number of hydrogen-bond acceptors (Lipinski definition) is 4. The number of rotatable bonds is 5. The standard InChI is InChI=1S/C17H13BrCl2N2O3/c18-10-1-3-15-13(5-10)17(24)22(9-21-15)7-12(23)8-25-16-4-2-11(19)6-14(16)20/h1-6,9,12,23H,7-8H2. The number of benzene rings is 2. The van der Waals surface area contributed by atoms with Gasteiger partial charge >= 0.3 is 0 Å². The molecule has 0 fully saturated rings. The summed E-state index contributed by atoms with van der Waals surface area (Å²) in [5.41, 5.74) is 0.373. The average Bonchev–Trinajstić information content (AvgIpc) is 2.57. The van der Waals surface area contributed by atoms with Crippen molar-refractivity contribution in [3.63, 3.8) is 0 Å². The Morgan fingerprint density at radius 1 is 1.24 bits per heavy atom. The molecule has 1 N–H and O–H groups in total. The Hall–Kier alpha value is -1.60. The summed E-state index contributed by atoms with van der Waals surface area (Å²) in [6.45, 7) is 0.0316. The molecule has 0 saturated carbocycles. The van der Waals surface area contributed by atoms with Crippen molar-refractivity contribution >= 4 is 50.0 Å². The minimum absolute atomic E-state index is 0.0235. The topological polar surface area (TPSA) is 64.4 Å². The maximum absolute atomic E-state index is 12.5. The van der Waals surface area contributed by atoms with Crippen molar-refractivity contribution < 1.29 is 9.84 Å². The summed E-state index contributed by atoms with van der Waals surface area (Å²) in [5, 5.41) is 11.5. The molecule has 0 radical (unpaired) electrons. The highest BCUT2D eigenvalue weighted by Crippen LogP contribution is 2.27. The van der Waals surface area contributed by atoms with E-state index in [9.17, 15) is 9.90 Å². The summed E-state index contributed by atoms with van der Waals surface area (Å²) in [7, 11) is 0. The Kier molecular flexibility index (Phi) is 5.64. The number of ether oxygens (including phenoxy) is 1. The minimum atomic E-state index is -0.907. The summed E-state index contributed by atoms with van der Waals surface area (Å²) in [6.07, 6.45) is 0.507. The number of nitrogens with zero attached hydrogens (tertiary/aromatic N) is 2. The lowest BCUT2D eigenvalue weighted by molar-refractivity contribution is 0.0915. The number of aromatic nitrogens is 2. The van der Waals surface area contributed by atoms with Gasteiger partial charge in [-0.3, -0.25) is 9.36 Å². The Bertz CT molecular complexity index is 978. The fourth-order valence-corrected chi connectivity index (χ4v) is 3.14. The third-order valence-corrected chi connectivity index (χ3v) is 4.54. The summed E-state index contributed by atoms with van der Waals surface area (Å²) < 4.78 is 7.63. The van der Waals surface area contributed by atoms with Crippen LogP contribution in [-0.2, 0) is 6.54 Å². The van der Waals surface area contributed by atoms with Crippen LogP contribution in [0.15, 0.2) is 52.0 Å². The molecular formula is C17H13BrCl2N2O3. The second kappa shape index (κ2) is 7.74. The predicted molar refractivity (Wildman–Crippen MR) is 102 cm³/mol. The molecule has 1 heterocycles. The average molecular weight is 444 g/mol. The van der Waals surface area contributed by atoms with Crippen molar-refractivity contribution in [3.05, 3.63) is 67.6 Å². The monoisotopic (exact) mass is 442 g/mol. The first kappa shape index (κ1) is 18.2. The van der Waals surface area contributed by atoms with E-state index in [2.05, 4.69) is 20.9 Å². The van der Waals surface area contributed by atoms with Gasteiger partial charge in [-0.1, -0.05) is 39.1 Å². The molecule has 1 unspecified atom stereocenters. The molecule has 1 aromatic heterocycles. The Labute approximate surface area is 161 Å². The first-order chi connectivity index (χ1) is 11.9. The molecule has 8 heteroatoms. The van der Waals surface area contributed by atoms with Crippen molar-refractivity contribution in [2.45, 2.75) is 12.6 Å². The number of aliphatic hydroxyl groups is 1. The van der Waals surface area contributed by atoms with E-state index in [0.29, 0.717) is 26.7 Å². The molecule has 0 amide bonds. The van der Waals surface area contributed by atoms with Crippen LogP contribution < -0.4 is 10.3 Å². The van der Waals surface area contributed by atoms with E-state index in [1.165, 1.54) is 10.9 Å². The molecule has 3 aromatic rings.